The van der Waals surface area contributed by atoms with Crippen LogP contribution in [-0.4, -0.2) is 51.5 Å². The Kier molecular flexibility index (Phi) is 5.42. The topological polar surface area (TPSA) is 69.6 Å². The Bertz CT molecular complexity index is 703. The summed E-state index contributed by atoms with van der Waals surface area (Å²) in [5.74, 6) is 0.0449. The summed E-state index contributed by atoms with van der Waals surface area (Å²) in [5, 5.41) is 10.1. The molecule has 0 unspecified atom stereocenters. The van der Waals surface area contributed by atoms with Gasteiger partial charge in [0, 0.05) is 50.7 Å². The minimum absolute atomic E-state index is 0.352. The molecule has 1 fully saturated rings. The molecule has 2 heterocycles. The molecule has 1 saturated heterocycles. The molecule has 1 N–H and O–H groups in total. The molecule has 1 aromatic carbocycles. The lowest BCUT2D eigenvalue weighted by atomic mass is 10.1. The molecule has 2 aromatic rings. The lowest BCUT2D eigenvalue weighted by molar-refractivity contribution is 0.0696. The maximum absolute atomic E-state index is 11.1. The van der Waals surface area contributed by atoms with Crippen molar-refractivity contribution in [1.82, 2.24) is 14.3 Å². The highest BCUT2D eigenvalue weighted by Crippen LogP contribution is 2.20. The van der Waals surface area contributed by atoms with Gasteiger partial charge in [-0.25, -0.2) is 9.78 Å². The highest BCUT2D eigenvalue weighted by atomic mass is 32.1. The first-order valence-electron chi connectivity index (χ1n) is 8.28. The molecule has 0 spiro atoms. The van der Waals surface area contributed by atoms with Gasteiger partial charge in [-0.05, 0) is 24.1 Å². The van der Waals surface area contributed by atoms with Gasteiger partial charge in [0.05, 0.1) is 5.56 Å². The fourth-order valence-corrected chi connectivity index (χ4v) is 3.70. The van der Waals surface area contributed by atoms with Gasteiger partial charge in [-0.1, -0.05) is 19.1 Å². The van der Waals surface area contributed by atoms with E-state index < -0.39 is 5.97 Å². The Morgan fingerprint density at radius 1 is 1.29 bits per heavy atom. The van der Waals surface area contributed by atoms with Crippen LogP contribution in [0.3, 0.4) is 0 Å². The van der Waals surface area contributed by atoms with Crippen molar-refractivity contribution in [1.29, 1.82) is 0 Å². The molecule has 6 nitrogen and oxygen atoms in total. The molecule has 0 atom stereocenters. The molecule has 1 aliphatic heterocycles. The summed E-state index contributed by atoms with van der Waals surface area (Å²) in [6.45, 7) is 6.72. The van der Waals surface area contributed by atoms with E-state index in [0.29, 0.717) is 5.56 Å². The summed E-state index contributed by atoms with van der Waals surface area (Å²) in [5.41, 5.74) is 1.40. The van der Waals surface area contributed by atoms with Crippen molar-refractivity contribution >= 4 is 22.6 Å². The second kappa shape index (κ2) is 7.72. The first-order valence-corrected chi connectivity index (χ1v) is 9.05. The molecule has 0 saturated carbocycles. The molecule has 0 radical (unpaired) electrons. The number of rotatable bonds is 5. The summed E-state index contributed by atoms with van der Waals surface area (Å²) in [4.78, 5) is 20.4. The third kappa shape index (κ3) is 4.10. The summed E-state index contributed by atoms with van der Waals surface area (Å²) in [7, 11) is 0. The molecule has 24 heavy (non-hydrogen) atoms. The quantitative estimate of drug-likeness (QED) is 0.897. The zero-order valence-electron chi connectivity index (χ0n) is 13.8. The van der Waals surface area contributed by atoms with E-state index in [-0.39, 0.29) is 0 Å². The van der Waals surface area contributed by atoms with Gasteiger partial charge in [-0.15, -0.1) is 0 Å². The zero-order valence-corrected chi connectivity index (χ0v) is 14.6. The summed E-state index contributed by atoms with van der Waals surface area (Å²) in [6.07, 6.45) is 1.94. The Labute approximate surface area is 145 Å². The predicted molar refractivity (Wildman–Crippen MR) is 94.8 cm³/mol. The third-order valence-corrected chi connectivity index (χ3v) is 5.03. The van der Waals surface area contributed by atoms with Crippen LogP contribution in [0.2, 0.25) is 0 Å². The van der Waals surface area contributed by atoms with E-state index in [1.54, 1.807) is 12.1 Å². The standard InChI is InChI=1S/C17H22N4O2S/c1-2-15-18-17(24-19-15)21-8-4-7-20(9-10-21)12-13-5-3-6-14(11-13)16(22)23/h3,5-6,11H,2,4,7-10,12H2,1H3,(H,22,23). The van der Waals surface area contributed by atoms with Crippen LogP contribution in [-0.2, 0) is 13.0 Å². The van der Waals surface area contributed by atoms with Crippen LogP contribution in [0.1, 0.15) is 35.1 Å². The van der Waals surface area contributed by atoms with E-state index in [4.69, 9.17) is 5.11 Å². The van der Waals surface area contributed by atoms with E-state index in [1.807, 2.05) is 12.1 Å². The summed E-state index contributed by atoms with van der Waals surface area (Å²) >= 11 is 1.48. The van der Waals surface area contributed by atoms with Gasteiger partial charge in [-0.3, -0.25) is 4.90 Å². The molecular formula is C17H22N4O2S. The first-order chi connectivity index (χ1) is 11.7. The van der Waals surface area contributed by atoms with Crippen LogP contribution in [0.4, 0.5) is 5.13 Å². The van der Waals surface area contributed by atoms with Crippen LogP contribution in [0.15, 0.2) is 24.3 Å². The van der Waals surface area contributed by atoms with Crippen molar-refractivity contribution < 1.29 is 9.90 Å². The lowest BCUT2D eigenvalue weighted by Crippen LogP contribution is -2.30. The lowest BCUT2D eigenvalue weighted by Gasteiger charge is -2.21. The number of carboxylic acids is 1. The smallest absolute Gasteiger partial charge is 0.335 e. The van der Waals surface area contributed by atoms with E-state index >= 15 is 0 Å². The second-order valence-electron chi connectivity index (χ2n) is 5.97. The zero-order chi connectivity index (χ0) is 16.9. The van der Waals surface area contributed by atoms with E-state index in [0.717, 1.165) is 62.1 Å². The molecule has 0 bridgehead atoms. The highest BCUT2D eigenvalue weighted by Gasteiger charge is 2.18. The number of nitrogens with zero attached hydrogens (tertiary/aromatic N) is 4. The molecule has 3 rings (SSSR count). The van der Waals surface area contributed by atoms with Crippen molar-refractivity contribution in [2.24, 2.45) is 0 Å². The van der Waals surface area contributed by atoms with E-state index in [2.05, 4.69) is 26.1 Å². The largest absolute Gasteiger partial charge is 0.478 e. The van der Waals surface area contributed by atoms with Gasteiger partial charge in [-0.2, -0.15) is 4.37 Å². The Hall–Kier alpha value is -1.99. The predicted octanol–water partition coefficient (Wildman–Crippen LogP) is 2.51. The van der Waals surface area contributed by atoms with Crippen molar-refractivity contribution in [2.75, 3.05) is 31.1 Å². The van der Waals surface area contributed by atoms with Gasteiger partial charge < -0.3 is 10.0 Å². The number of carboxylic acid groups (broad SMARTS) is 1. The fraction of sp³-hybridized carbons (Fsp3) is 0.471. The molecular weight excluding hydrogens is 324 g/mol. The molecule has 1 aromatic heterocycles. The van der Waals surface area contributed by atoms with Crippen LogP contribution in [0.25, 0.3) is 0 Å². The number of benzene rings is 1. The van der Waals surface area contributed by atoms with Gasteiger partial charge in [0.1, 0.15) is 5.82 Å². The van der Waals surface area contributed by atoms with Crippen LogP contribution >= 0.6 is 11.5 Å². The van der Waals surface area contributed by atoms with E-state index in [9.17, 15) is 4.79 Å². The average Bonchev–Trinajstić information content (AvgIpc) is 2.95. The number of hydrogen-bond donors (Lipinski definition) is 1. The average molecular weight is 346 g/mol. The van der Waals surface area contributed by atoms with Crippen molar-refractivity contribution in [3.8, 4) is 0 Å². The number of hydrogen-bond acceptors (Lipinski definition) is 6. The van der Waals surface area contributed by atoms with Gasteiger partial charge in [0.25, 0.3) is 0 Å². The fourth-order valence-electron chi connectivity index (χ4n) is 2.90. The number of aromatic carboxylic acids is 1. The molecule has 128 valence electrons. The monoisotopic (exact) mass is 346 g/mol. The number of anilines is 1. The van der Waals surface area contributed by atoms with Gasteiger partial charge in [0.2, 0.25) is 5.13 Å². The maximum Gasteiger partial charge on any atom is 0.335 e. The Morgan fingerprint density at radius 2 is 2.17 bits per heavy atom. The van der Waals surface area contributed by atoms with Gasteiger partial charge in [0.15, 0.2) is 0 Å². The third-order valence-electron chi connectivity index (χ3n) is 4.21. The molecule has 0 amide bonds. The van der Waals surface area contributed by atoms with Crippen molar-refractivity contribution in [2.45, 2.75) is 26.3 Å². The normalized spacial score (nSPS) is 16.1. The van der Waals surface area contributed by atoms with Crippen LogP contribution in [0, 0.1) is 0 Å². The van der Waals surface area contributed by atoms with Crippen molar-refractivity contribution in [3.63, 3.8) is 0 Å². The van der Waals surface area contributed by atoms with Crippen molar-refractivity contribution in [3.05, 3.63) is 41.2 Å². The van der Waals surface area contributed by atoms with Crippen LogP contribution in [0.5, 0.6) is 0 Å². The molecule has 0 aliphatic carbocycles. The van der Waals surface area contributed by atoms with Crippen LogP contribution < -0.4 is 4.90 Å². The molecule has 1 aliphatic rings. The minimum Gasteiger partial charge on any atom is -0.478 e. The van der Waals surface area contributed by atoms with Gasteiger partial charge >= 0.3 is 5.97 Å². The highest BCUT2D eigenvalue weighted by molar-refractivity contribution is 7.09. The SMILES string of the molecule is CCc1nsc(N2CCCN(Cc3cccc(C(=O)O)c3)CC2)n1. The summed E-state index contributed by atoms with van der Waals surface area (Å²) in [6, 6.07) is 7.21. The second-order valence-corrected chi connectivity index (χ2v) is 6.70. The Balaban J connectivity index is 1.61. The Morgan fingerprint density at radius 3 is 2.92 bits per heavy atom. The summed E-state index contributed by atoms with van der Waals surface area (Å²) < 4.78 is 4.37. The minimum atomic E-state index is -0.873. The van der Waals surface area contributed by atoms with E-state index in [1.165, 1.54) is 11.5 Å². The first kappa shape index (κ1) is 16.9. The molecule has 7 heteroatoms. The number of aryl methyl sites for hydroxylation is 1. The number of aromatic nitrogens is 2. The number of carbonyl (C=O) groups is 1. The maximum atomic E-state index is 11.1.